The van der Waals surface area contributed by atoms with Crippen LogP contribution in [0.25, 0.3) is 0 Å². The normalized spacial score (nSPS) is 20.1. The molecule has 0 amide bonds. The van der Waals surface area contributed by atoms with Crippen LogP contribution in [0, 0.1) is 0 Å². The van der Waals surface area contributed by atoms with Gasteiger partial charge in [-0.2, -0.15) is 0 Å². The minimum Gasteiger partial charge on any atom is -0.497 e. The topological polar surface area (TPSA) is 61.7 Å². The van der Waals surface area contributed by atoms with Crippen molar-refractivity contribution >= 4 is 12.6 Å². The second-order valence-electron chi connectivity index (χ2n) is 4.46. The summed E-state index contributed by atoms with van der Waals surface area (Å²) in [6.07, 6.45) is 2.28. The van der Waals surface area contributed by atoms with Crippen molar-refractivity contribution < 1.29 is 14.8 Å². The Morgan fingerprint density at radius 2 is 2.18 bits per heavy atom. The van der Waals surface area contributed by atoms with E-state index in [1.165, 1.54) is 0 Å². The molecule has 0 radical (unpaired) electrons. The van der Waals surface area contributed by atoms with Crippen molar-refractivity contribution in [2.75, 3.05) is 20.2 Å². The van der Waals surface area contributed by atoms with Crippen LogP contribution in [0.3, 0.4) is 0 Å². The molecule has 92 valence electrons. The van der Waals surface area contributed by atoms with Crippen molar-refractivity contribution in [3.63, 3.8) is 0 Å². The molecule has 1 fully saturated rings. The van der Waals surface area contributed by atoms with Gasteiger partial charge in [-0.05, 0) is 48.5 Å². The zero-order valence-corrected chi connectivity index (χ0v) is 10.0. The van der Waals surface area contributed by atoms with Gasteiger partial charge in [0.1, 0.15) is 5.75 Å². The maximum absolute atomic E-state index is 9.25. The molecule has 1 aromatic rings. The Bertz CT molecular complexity index is 378. The largest absolute Gasteiger partial charge is 0.497 e. The summed E-state index contributed by atoms with van der Waals surface area (Å²) in [5.41, 5.74) is 1.60. The van der Waals surface area contributed by atoms with Gasteiger partial charge in [-0.15, -0.1) is 0 Å². The van der Waals surface area contributed by atoms with Crippen LogP contribution in [0.15, 0.2) is 18.2 Å². The van der Waals surface area contributed by atoms with E-state index in [1.54, 1.807) is 13.2 Å². The van der Waals surface area contributed by atoms with E-state index in [1.807, 2.05) is 12.1 Å². The number of hydrogen-bond acceptors (Lipinski definition) is 4. The molecule has 1 aromatic carbocycles. The van der Waals surface area contributed by atoms with Crippen molar-refractivity contribution in [3.05, 3.63) is 23.8 Å². The van der Waals surface area contributed by atoms with Gasteiger partial charge in [-0.3, -0.25) is 0 Å². The van der Waals surface area contributed by atoms with Gasteiger partial charge in [0, 0.05) is 6.54 Å². The Labute approximate surface area is 102 Å². The van der Waals surface area contributed by atoms with E-state index in [2.05, 4.69) is 5.32 Å². The molecule has 1 atom stereocenters. The summed E-state index contributed by atoms with van der Waals surface area (Å²) >= 11 is 0. The van der Waals surface area contributed by atoms with Crippen molar-refractivity contribution in [1.29, 1.82) is 0 Å². The molecule has 0 saturated carbocycles. The Morgan fingerprint density at radius 1 is 1.35 bits per heavy atom. The summed E-state index contributed by atoms with van der Waals surface area (Å²) in [4.78, 5) is 0. The third-order valence-corrected chi connectivity index (χ3v) is 3.25. The van der Waals surface area contributed by atoms with Crippen molar-refractivity contribution in [2.24, 2.45) is 0 Å². The molecule has 3 N–H and O–H groups in total. The molecule has 1 aliphatic rings. The lowest BCUT2D eigenvalue weighted by atomic mass is 9.77. The molecule has 0 aliphatic carbocycles. The van der Waals surface area contributed by atoms with Crippen molar-refractivity contribution in [3.8, 4) is 5.75 Å². The lowest BCUT2D eigenvalue weighted by Crippen LogP contribution is -2.32. The minimum atomic E-state index is -1.44. The van der Waals surface area contributed by atoms with Crippen molar-refractivity contribution in [1.82, 2.24) is 5.32 Å². The molecule has 1 saturated heterocycles. The van der Waals surface area contributed by atoms with Crippen LogP contribution < -0.4 is 15.5 Å². The highest BCUT2D eigenvalue weighted by Crippen LogP contribution is 2.25. The molecule has 0 spiro atoms. The maximum Gasteiger partial charge on any atom is 0.488 e. The van der Waals surface area contributed by atoms with Gasteiger partial charge in [-0.25, -0.2) is 0 Å². The van der Waals surface area contributed by atoms with Crippen molar-refractivity contribution in [2.45, 2.75) is 18.8 Å². The van der Waals surface area contributed by atoms with Gasteiger partial charge in [0.05, 0.1) is 7.11 Å². The summed E-state index contributed by atoms with van der Waals surface area (Å²) in [5, 5.41) is 21.9. The number of methoxy groups -OCH3 is 1. The van der Waals surface area contributed by atoms with Gasteiger partial charge >= 0.3 is 7.12 Å². The van der Waals surface area contributed by atoms with Gasteiger partial charge in [-0.1, -0.05) is 6.07 Å². The summed E-state index contributed by atoms with van der Waals surface area (Å²) in [7, 11) is 0.145. The zero-order valence-electron chi connectivity index (χ0n) is 10.0. The van der Waals surface area contributed by atoms with Gasteiger partial charge in [0.2, 0.25) is 0 Å². The Balaban J connectivity index is 2.28. The van der Waals surface area contributed by atoms with E-state index in [0.29, 0.717) is 17.1 Å². The smallest absolute Gasteiger partial charge is 0.488 e. The summed E-state index contributed by atoms with van der Waals surface area (Å²) in [6.45, 7) is 2.00. The molecular weight excluding hydrogens is 217 g/mol. The third kappa shape index (κ3) is 3.00. The van der Waals surface area contributed by atoms with Crippen LogP contribution in [0.1, 0.15) is 24.3 Å². The lowest BCUT2D eigenvalue weighted by Gasteiger charge is -2.24. The van der Waals surface area contributed by atoms with Crippen LogP contribution in [0.2, 0.25) is 0 Å². The molecular formula is C12H18BNO3. The predicted octanol–water partition coefficient (Wildman–Crippen LogP) is -0.158. The first-order valence-electron chi connectivity index (χ1n) is 5.96. The highest BCUT2D eigenvalue weighted by atomic mass is 16.5. The van der Waals surface area contributed by atoms with E-state index in [4.69, 9.17) is 4.74 Å². The number of nitrogens with one attached hydrogen (secondary N) is 1. The number of piperidine rings is 1. The minimum absolute atomic E-state index is 0.427. The fourth-order valence-corrected chi connectivity index (χ4v) is 2.28. The van der Waals surface area contributed by atoms with E-state index >= 15 is 0 Å². The second-order valence-corrected chi connectivity index (χ2v) is 4.46. The van der Waals surface area contributed by atoms with E-state index in [-0.39, 0.29) is 0 Å². The molecule has 0 bridgehead atoms. The quantitative estimate of drug-likeness (QED) is 0.637. The van der Waals surface area contributed by atoms with Crippen LogP contribution in [-0.4, -0.2) is 37.4 Å². The molecule has 1 unspecified atom stereocenters. The van der Waals surface area contributed by atoms with E-state index in [9.17, 15) is 10.0 Å². The first kappa shape index (κ1) is 12.4. The third-order valence-electron chi connectivity index (χ3n) is 3.25. The average molecular weight is 235 g/mol. The standard InChI is InChI=1S/C12H18BNO3/c1-17-12-6-10(5-11(7-12)13(15)16)9-3-2-4-14-8-9/h5-7,9,14-16H,2-4,8H2,1H3. The van der Waals surface area contributed by atoms with E-state index < -0.39 is 7.12 Å². The van der Waals surface area contributed by atoms with E-state index in [0.717, 1.165) is 31.5 Å². The highest BCUT2D eigenvalue weighted by molar-refractivity contribution is 6.58. The first-order valence-corrected chi connectivity index (χ1v) is 5.96. The fourth-order valence-electron chi connectivity index (χ4n) is 2.28. The summed E-state index contributed by atoms with van der Waals surface area (Å²) < 4.78 is 5.19. The number of hydrogen-bond donors (Lipinski definition) is 3. The molecule has 5 heteroatoms. The maximum atomic E-state index is 9.25. The second kappa shape index (κ2) is 5.53. The molecule has 2 rings (SSSR count). The number of rotatable bonds is 3. The summed E-state index contributed by atoms with van der Waals surface area (Å²) in [5.74, 6) is 1.10. The Morgan fingerprint density at radius 3 is 2.76 bits per heavy atom. The summed E-state index contributed by atoms with van der Waals surface area (Å²) in [6, 6.07) is 5.48. The predicted molar refractivity (Wildman–Crippen MR) is 67.7 cm³/mol. The Hall–Kier alpha value is -1.04. The molecule has 1 aliphatic heterocycles. The van der Waals surface area contributed by atoms with Crippen LogP contribution in [-0.2, 0) is 0 Å². The van der Waals surface area contributed by atoms with Crippen LogP contribution in [0.4, 0.5) is 0 Å². The monoisotopic (exact) mass is 235 g/mol. The van der Waals surface area contributed by atoms with Gasteiger partial charge in [0.25, 0.3) is 0 Å². The Kier molecular flexibility index (Phi) is 4.04. The molecule has 0 aromatic heterocycles. The highest BCUT2D eigenvalue weighted by Gasteiger charge is 2.19. The van der Waals surface area contributed by atoms with Gasteiger partial charge < -0.3 is 20.1 Å². The molecule has 4 nitrogen and oxygen atoms in total. The molecule has 17 heavy (non-hydrogen) atoms. The fraction of sp³-hybridized carbons (Fsp3) is 0.500. The van der Waals surface area contributed by atoms with Crippen LogP contribution in [0.5, 0.6) is 5.75 Å². The first-order chi connectivity index (χ1) is 8.20. The average Bonchev–Trinajstić information content (AvgIpc) is 2.39. The SMILES string of the molecule is COc1cc(B(O)O)cc(C2CCCNC2)c1. The van der Waals surface area contributed by atoms with Crippen LogP contribution >= 0.6 is 0 Å². The number of ether oxygens (including phenoxy) is 1. The number of benzene rings is 1. The lowest BCUT2D eigenvalue weighted by molar-refractivity contribution is 0.408. The molecule has 1 heterocycles. The zero-order chi connectivity index (χ0) is 12.3. The van der Waals surface area contributed by atoms with Gasteiger partial charge in [0.15, 0.2) is 0 Å².